The molecule has 0 saturated carbocycles. The van der Waals surface area contributed by atoms with Gasteiger partial charge >= 0.3 is 53.9 Å². The van der Waals surface area contributed by atoms with E-state index < -0.39 is 95.2 Å². The molecule has 3 radical (unpaired) electrons. The van der Waals surface area contributed by atoms with E-state index in [0.717, 1.165) is 7.11 Å². The molecule has 0 aromatic carbocycles. The second kappa shape index (κ2) is 40.7. The number of aliphatic hydroxyl groups is 4. The fraction of sp³-hybridized carbons (Fsp3) is 0.702. The fourth-order valence-electron chi connectivity index (χ4n) is 9.42. The topological polar surface area (TPSA) is 284 Å². The zero-order valence-electron chi connectivity index (χ0n) is 53.3. The number of carbonyl (C=O) groups is 9. The van der Waals surface area contributed by atoms with Crippen molar-refractivity contribution in [1.29, 1.82) is 0 Å². The number of β-amino-alcohol motifs (C(OH)–C–C–N with tert-alkyl or cyclic N) is 3. The molecule has 0 aromatic heterocycles. The number of ether oxygens (including phenoxy) is 4. The minimum atomic E-state index is -0.736. The van der Waals surface area contributed by atoms with Crippen LogP contribution >= 0.6 is 0 Å². The number of aliphatic hydroxyl groups excluding tert-OH is 4. The number of rotatable bonds is 12. The van der Waals surface area contributed by atoms with Gasteiger partial charge in [0.1, 0.15) is 28.4 Å². The van der Waals surface area contributed by atoms with Crippen LogP contribution in [0.5, 0.6) is 0 Å². The second-order valence-electron chi connectivity index (χ2n) is 23.6. The Morgan fingerprint density at radius 2 is 0.663 bits per heavy atom. The monoisotopic (exact) mass is 1690 g/mol. The average Bonchev–Trinajstić information content (AvgIpc) is 4.00. The molecule has 4 aliphatic heterocycles. The molecule has 4 rings (SSSR count). The quantitative estimate of drug-likeness (QED) is 0.124. The Morgan fingerprint density at radius 3 is 0.843 bits per heavy atom. The summed E-state index contributed by atoms with van der Waals surface area (Å²) in [5.74, 6) is -2.16. The Morgan fingerprint density at radius 1 is 0.458 bits per heavy atom. The van der Waals surface area contributed by atoms with Crippen LogP contribution in [0.4, 0.5) is 19.2 Å². The van der Waals surface area contributed by atoms with Crippen molar-refractivity contribution >= 4 is 61.7 Å². The third-order valence-electron chi connectivity index (χ3n) is 12.2. The third kappa shape index (κ3) is 30.2. The van der Waals surface area contributed by atoms with Gasteiger partial charge in [-0.25, -0.2) is 19.2 Å². The molecular weight excluding hydrogens is 1600 g/mol. The van der Waals surface area contributed by atoms with Crippen LogP contribution in [0.15, 0.2) is 50.6 Å². The van der Waals surface area contributed by atoms with Crippen molar-refractivity contribution in [1.82, 2.24) is 19.6 Å². The number of Topliss-reactive ketones (excluding diaryl/α,β-unsaturated/α-hetero) is 5. The zero-order valence-corrected chi connectivity index (χ0v) is 63.1. The minimum Gasteiger partial charge on any atom is -1.00 e. The predicted molar refractivity (Wildman–Crippen MR) is 301 cm³/mol. The van der Waals surface area contributed by atoms with Gasteiger partial charge in [0.25, 0.3) is 0 Å². The van der Waals surface area contributed by atoms with Crippen LogP contribution in [0.2, 0.25) is 0 Å². The molecular formula is C57H95BN4NaO17W3. The molecule has 83 heavy (non-hydrogen) atoms. The van der Waals surface area contributed by atoms with E-state index >= 15 is 0 Å². The van der Waals surface area contributed by atoms with Crippen LogP contribution in [0.3, 0.4) is 0 Å². The van der Waals surface area contributed by atoms with Gasteiger partial charge in [-0.1, -0.05) is 24.3 Å². The molecule has 4 amide bonds. The first-order chi connectivity index (χ1) is 35.7. The van der Waals surface area contributed by atoms with Crippen LogP contribution in [-0.2, 0) is 106 Å². The van der Waals surface area contributed by atoms with E-state index in [4.69, 9.17) is 24.1 Å². The number of carbonyl (C=O) groups excluding carboxylic acids is 9. The molecule has 4 fully saturated rings. The molecule has 0 spiro atoms. The van der Waals surface area contributed by atoms with Gasteiger partial charge in [0.05, 0.1) is 68.5 Å². The number of hydrogen-bond donors (Lipinski definition) is 4. The fourth-order valence-corrected chi connectivity index (χ4v) is 9.42. The summed E-state index contributed by atoms with van der Waals surface area (Å²) in [7, 11) is 1.00. The standard InChI is InChI=1S/3C14H23NO4.C14H21NO4.CH4O.B.Na.3W.H/c4*1-6-7-10-11(17)8-15(12(10)9(2)16)13(18)19-14(3,4)5;1-2;;;;;;/h3*6,10-12,17H,1,7-8H2,2-5H3;6,10,12H,1,7-8H2,2-5H3;2H,1H3;;;;;;/q;;;;;;+1;;;;-1/t2*10?,11?,12-;10-,11-,12-;10?,12-;;;;;;;/m1111......./s1. The zero-order chi connectivity index (χ0) is 61.2. The Kier molecular flexibility index (Phi) is 44.9. The Balaban J connectivity index is -0.000000182. The van der Waals surface area contributed by atoms with E-state index in [1.54, 1.807) is 107 Å². The van der Waals surface area contributed by atoms with Crippen LogP contribution in [0, 0.1) is 23.7 Å². The smallest absolute Gasteiger partial charge is 1.00 e. The summed E-state index contributed by atoms with van der Waals surface area (Å²) in [6, 6.07) is -2.64. The minimum absolute atomic E-state index is 0. The summed E-state index contributed by atoms with van der Waals surface area (Å²) >= 11 is 0. The Bertz CT molecular complexity index is 1990. The van der Waals surface area contributed by atoms with Crippen molar-refractivity contribution in [3.63, 3.8) is 0 Å². The first-order valence-corrected chi connectivity index (χ1v) is 26.1. The Hall–Kier alpha value is -2.64. The van der Waals surface area contributed by atoms with Gasteiger partial charge < -0.3 is 40.8 Å². The predicted octanol–water partition coefficient (Wildman–Crippen LogP) is 3.54. The number of allylic oxidation sites excluding steroid dienone is 4. The van der Waals surface area contributed by atoms with Gasteiger partial charge in [0, 0.05) is 96.5 Å². The maximum absolute atomic E-state index is 12.1. The van der Waals surface area contributed by atoms with Gasteiger partial charge in [-0.3, -0.25) is 43.6 Å². The molecule has 0 bridgehead atoms. The van der Waals surface area contributed by atoms with E-state index in [-0.39, 0.29) is 175 Å². The molecule has 4 aliphatic rings. The average molecular weight is 1690 g/mol. The molecule has 4 heterocycles. The molecule has 11 atom stereocenters. The van der Waals surface area contributed by atoms with Gasteiger partial charge in [0.2, 0.25) is 0 Å². The van der Waals surface area contributed by atoms with Crippen molar-refractivity contribution in [2.75, 3.05) is 33.3 Å². The van der Waals surface area contributed by atoms with Crippen LogP contribution < -0.4 is 29.6 Å². The molecule has 4 N–H and O–H groups in total. The normalized spacial score (nSPS) is 24.1. The summed E-state index contributed by atoms with van der Waals surface area (Å²) in [5, 5.41) is 37.0. The molecule has 26 heteroatoms. The van der Waals surface area contributed by atoms with Crippen LogP contribution in [0.25, 0.3) is 0 Å². The summed E-state index contributed by atoms with van der Waals surface area (Å²) in [5.41, 5.74) is -2.53. The number of amides is 4. The summed E-state index contributed by atoms with van der Waals surface area (Å²) in [4.78, 5) is 112. The maximum Gasteiger partial charge on any atom is 1.00 e. The number of likely N-dealkylation sites (tertiary alicyclic amines) is 4. The van der Waals surface area contributed by atoms with Gasteiger partial charge in [-0.05, 0) is 136 Å². The molecule has 0 aliphatic carbocycles. The summed E-state index contributed by atoms with van der Waals surface area (Å²) < 4.78 is 21.1. The molecule has 4 saturated heterocycles. The van der Waals surface area contributed by atoms with E-state index in [1.165, 1.54) is 47.3 Å². The van der Waals surface area contributed by atoms with Crippen molar-refractivity contribution in [3.05, 3.63) is 50.6 Å². The van der Waals surface area contributed by atoms with Crippen molar-refractivity contribution in [2.24, 2.45) is 23.7 Å². The molecule has 467 valence electrons. The molecule has 21 nitrogen and oxygen atoms in total. The van der Waals surface area contributed by atoms with Crippen molar-refractivity contribution < 1.29 is 177 Å². The maximum atomic E-state index is 12.1. The van der Waals surface area contributed by atoms with E-state index in [2.05, 4.69) is 26.3 Å². The summed E-state index contributed by atoms with van der Waals surface area (Å²) in [6.45, 7) is 41.5. The second-order valence-corrected chi connectivity index (χ2v) is 23.6. The summed E-state index contributed by atoms with van der Waals surface area (Å²) in [6.07, 6.45) is 3.97. The van der Waals surface area contributed by atoms with E-state index in [1.807, 2.05) is 0 Å². The largest absolute Gasteiger partial charge is 1.00 e. The first-order valence-electron chi connectivity index (χ1n) is 26.1. The van der Waals surface area contributed by atoms with Crippen molar-refractivity contribution in [3.8, 4) is 0 Å². The first kappa shape index (κ1) is 91.5. The van der Waals surface area contributed by atoms with E-state index in [0.29, 0.717) is 25.7 Å². The molecule has 0 aromatic rings. The van der Waals surface area contributed by atoms with Gasteiger partial charge in [-0.2, -0.15) is 0 Å². The third-order valence-corrected chi connectivity index (χ3v) is 12.2. The van der Waals surface area contributed by atoms with Crippen molar-refractivity contribution in [2.45, 2.75) is 201 Å². The van der Waals surface area contributed by atoms with Gasteiger partial charge in [0.15, 0.2) is 28.9 Å². The number of ketones is 5. The number of nitrogens with zero attached hydrogens (tertiary/aromatic N) is 4. The van der Waals surface area contributed by atoms with Gasteiger partial charge in [-0.15, -0.1) is 26.3 Å². The van der Waals surface area contributed by atoms with Crippen LogP contribution in [0.1, 0.15) is 138 Å². The van der Waals surface area contributed by atoms with E-state index in [9.17, 15) is 58.5 Å². The Labute approximate surface area is 562 Å². The van der Waals surface area contributed by atoms with Crippen LogP contribution in [-0.4, -0.2) is 200 Å². The molecule has 5 unspecified atom stereocenters. The number of hydrogen-bond acceptors (Lipinski definition) is 17. The SMILES string of the molecule is C=CCC1C(=O)CN(C(=O)OC(C)(C)C)[C@@H]1C(C)=O.C=CCC1C(O)CN(C(=O)OC(C)(C)C)[C@@H]1C(C)=O.C=CCC1C(O)CN(C(=O)OC(C)(C)C)[C@@H]1C(C)=O.C=CC[C@@H]1[C@H](O)CN(C(=O)OC(C)(C)C)[C@@H]1C(C)=O.CO.[B].[H-].[Na+].[W].[W].[W].